The number of nitrogens with zero attached hydrogens (tertiary/aromatic N) is 5. The lowest BCUT2D eigenvalue weighted by atomic mass is 10.2. The second kappa shape index (κ2) is 7.43. The quantitative estimate of drug-likeness (QED) is 0.602. The molecule has 1 aromatic heterocycles. The van der Waals surface area contributed by atoms with Crippen molar-refractivity contribution >= 4 is 23.2 Å². The first-order chi connectivity index (χ1) is 12.4. The molecule has 0 N–H and O–H groups in total. The molecule has 0 saturated carbocycles. The summed E-state index contributed by atoms with van der Waals surface area (Å²) in [6.07, 6.45) is 0. The number of aryl methyl sites for hydroxylation is 1. The molecule has 0 bridgehead atoms. The van der Waals surface area contributed by atoms with Crippen molar-refractivity contribution in [2.75, 3.05) is 26.2 Å². The van der Waals surface area contributed by atoms with Crippen LogP contribution in [0.4, 0.5) is 5.69 Å². The topological polar surface area (TPSA) is 84.5 Å². The predicted molar refractivity (Wildman–Crippen MR) is 97.2 cm³/mol. The maximum Gasteiger partial charge on any atom is 0.322 e. The molecule has 8 nitrogen and oxygen atoms in total. The second-order valence-corrected chi connectivity index (χ2v) is 6.80. The molecule has 0 spiro atoms. The Balaban J connectivity index is 1.66. The molecular weight excluding hydrogens is 358 g/mol. The molecule has 1 saturated heterocycles. The lowest BCUT2D eigenvalue weighted by Gasteiger charge is -2.34. The Labute approximate surface area is 156 Å². The van der Waals surface area contributed by atoms with Gasteiger partial charge in [-0.15, -0.1) is 0 Å². The molecule has 0 unspecified atom stereocenters. The van der Waals surface area contributed by atoms with E-state index in [4.69, 9.17) is 11.6 Å². The molecule has 9 heteroatoms. The fourth-order valence-corrected chi connectivity index (χ4v) is 3.32. The van der Waals surface area contributed by atoms with E-state index in [1.807, 2.05) is 24.3 Å². The third-order valence-electron chi connectivity index (χ3n) is 4.64. The van der Waals surface area contributed by atoms with Gasteiger partial charge in [0.05, 0.1) is 4.92 Å². The van der Waals surface area contributed by atoms with Crippen LogP contribution in [0.2, 0.25) is 5.02 Å². The van der Waals surface area contributed by atoms with Crippen LogP contribution in [0.1, 0.15) is 21.7 Å². The molecule has 138 valence electrons. The van der Waals surface area contributed by atoms with Gasteiger partial charge in [0.1, 0.15) is 5.69 Å². The van der Waals surface area contributed by atoms with Gasteiger partial charge in [-0.25, -0.2) is 0 Å². The maximum atomic E-state index is 12.7. The highest BCUT2D eigenvalue weighted by Crippen LogP contribution is 2.24. The number of carbonyl (C=O) groups is 1. The van der Waals surface area contributed by atoms with Crippen LogP contribution >= 0.6 is 11.6 Å². The predicted octanol–water partition coefficient (Wildman–Crippen LogP) is 2.25. The first-order valence-electron chi connectivity index (χ1n) is 8.31. The zero-order valence-electron chi connectivity index (χ0n) is 14.7. The Morgan fingerprint density at radius 2 is 2.00 bits per heavy atom. The van der Waals surface area contributed by atoms with Crippen LogP contribution in [0.5, 0.6) is 0 Å². The van der Waals surface area contributed by atoms with Gasteiger partial charge >= 0.3 is 5.69 Å². The molecule has 1 aliphatic heterocycles. The van der Waals surface area contributed by atoms with E-state index in [1.54, 1.807) is 18.9 Å². The molecular formula is C17H20ClN5O3. The van der Waals surface area contributed by atoms with E-state index in [2.05, 4.69) is 10.00 Å². The van der Waals surface area contributed by atoms with Gasteiger partial charge in [0, 0.05) is 44.8 Å². The van der Waals surface area contributed by atoms with Crippen LogP contribution in [-0.2, 0) is 13.6 Å². The number of nitro groups is 1. The number of hydrogen-bond acceptors (Lipinski definition) is 5. The van der Waals surface area contributed by atoms with Crippen LogP contribution in [0.3, 0.4) is 0 Å². The fourth-order valence-electron chi connectivity index (χ4n) is 3.11. The minimum Gasteiger partial charge on any atom is -0.334 e. The van der Waals surface area contributed by atoms with E-state index in [9.17, 15) is 14.9 Å². The first-order valence-corrected chi connectivity index (χ1v) is 8.68. The Bertz CT molecular complexity index is 843. The second-order valence-electron chi connectivity index (χ2n) is 6.36. The molecule has 1 fully saturated rings. The molecule has 0 atom stereocenters. The molecule has 1 aliphatic rings. The lowest BCUT2D eigenvalue weighted by Crippen LogP contribution is -2.48. The van der Waals surface area contributed by atoms with Crippen molar-refractivity contribution in [1.82, 2.24) is 19.6 Å². The average molecular weight is 378 g/mol. The fraction of sp³-hybridized carbons (Fsp3) is 0.412. The van der Waals surface area contributed by atoms with Gasteiger partial charge in [-0.05, 0) is 24.6 Å². The van der Waals surface area contributed by atoms with Crippen molar-refractivity contribution in [3.63, 3.8) is 0 Å². The number of piperazine rings is 1. The highest BCUT2D eigenvalue weighted by atomic mass is 35.5. The van der Waals surface area contributed by atoms with Gasteiger partial charge in [0.15, 0.2) is 0 Å². The minimum absolute atomic E-state index is 0.0849. The van der Waals surface area contributed by atoms with Crippen LogP contribution in [0.25, 0.3) is 0 Å². The van der Waals surface area contributed by atoms with E-state index in [0.29, 0.717) is 36.9 Å². The number of rotatable bonds is 4. The van der Waals surface area contributed by atoms with Gasteiger partial charge in [0.2, 0.25) is 5.69 Å². The zero-order valence-corrected chi connectivity index (χ0v) is 15.4. The molecule has 3 rings (SSSR count). The van der Waals surface area contributed by atoms with Crippen molar-refractivity contribution in [3.8, 4) is 0 Å². The highest BCUT2D eigenvalue weighted by molar-refractivity contribution is 6.30. The van der Waals surface area contributed by atoms with Gasteiger partial charge in [0.25, 0.3) is 5.91 Å². The smallest absolute Gasteiger partial charge is 0.322 e. The van der Waals surface area contributed by atoms with Gasteiger partial charge in [-0.2, -0.15) is 5.10 Å². The van der Waals surface area contributed by atoms with Gasteiger partial charge in [-0.1, -0.05) is 23.7 Å². The van der Waals surface area contributed by atoms with Crippen LogP contribution in [-0.4, -0.2) is 56.6 Å². The summed E-state index contributed by atoms with van der Waals surface area (Å²) in [4.78, 5) is 27.3. The number of hydrogen-bond donors (Lipinski definition) is 0. The summed E-state index contributed by atoms with van der Waals surface area (Å²) >= 11 is 6.01. The highest BCUT2D eigenvalue weighted by Gasteiger charge is 2.33. The largest absolute Gasteiger partial charge is 0.334 e. The van der Waals surface area contributed by atoms with Crippen LogP contribution in [0.15, 0.2) is 24.3 Å². The average Bonchev–Trinajstić information content (AvgIpc) is 2.90. The standard InChI is InChI=1S/C17H20ClN5O3/c1-12-16(23(25)26)15(19-20(12)2)17(24)22-8-6-21(7-9-22)11-13-4-3-5-14(18)10-13/h3-5,10H,6-9,11H2,1-2H3. The van der Waals surface area contributed by atoms with E-state index in [0.717, 1.165) is 12.1 Å². The van der Waals surface area contributed by atoms with E-state index >= 15 is 0 Å². The van der Waals surface area contributed by atoms with E-state index in [1.165, 1.54) is 4.68 Å². The summed E-state index contributed by atoms with van der Waals surface area (Å²) in [6, 6.07) is 7.70. The summed E-state index contributed by atoms with van der Waals surface area (Å²) in [5.41, 5.74) is 1.20. The Morgan fingerprint density at radius 3 is 2.62 bits per heavy atom. The third-order valence-corrected chi connectivity index (χ3v) is 4.88. The Morgan fingerprint density at radius 1 is 1.31 bits per heavy atom. The van der Waals surface area contributed by atoms with Gasteiger partial charge in [-0.3, -0.25) is 24.5 Å². The molecule has 2 aromatic rings. The molecule has 2 heterocycles. The summed E-state index contributed by atoms with van der Waals surface area (Å²) in [7, 11) is 1.60. The third kappa shape index (κ3) is 3.71. The van der Waals surface area contributed by atoms with Crippen molar-refractivity contribution < 1.29 is 9.72 Å². The lowest BCUT2D eigenvalue weighted by molar-refractivity contribution is -0.385. The van der Waals surface area contributed by atoms with Crippen molar-refractivity contribution in [1.29, 1.82) is 0 Å². The van der Waals surface area contributed by atoms with Crippen LogP contribution < -0.4 is 0 Å². The minimum atomic E-state index is -0.537. The van der Waals surface area contributed by atoms with Crippen molar-refractivity contribution in [2.24, 2.45) is 7.05 Å². The molecule has 1 aromatic carbocycles. The summed E-state index contributed by atoms with van der Waals surface area (Å²) in [6.45, 7) is 4.74. The maximum absolute atomic E-state index is 12.7. The molecule has 0 radical (unpaired) electrons. The van der Waals surface area contributed by atoms with Gasteiger partial charge < -0.3 is 4.90 Å². The summed E-state index contributed by atoms with van der Waals surface area (Å²) in [5.74, 6) is -0.386. The number of carbonyl (C=O) groups excluding carboxylic acids is 1. The monoisotopic (exact) mass is 377 g/mol. The molecule has 0 aliphatic carbocycles. The number of halogens is 1. The Kier molecular flexibility index (Phi) is 5.24. The zero-order chi connectivity index (χ0) is 18.8. The van der Waals surface area contributed by atoms with Crippen LogP contribution in [0, 0.1) is 17.0 Å². The SMILES string of the molecule is Cc1c([N+](=O)[O-])c(C(=O)N2CCN(Cc3cccc(Cl)c3)CC2)nn1C. The van der Waals surface area contributed by atoms with E-state index in [-0.39, 0.29) is 17.3 Å². The number of aromatic nitrogens is 2. The number of amides is 1. The molecule has 1 amide bonds. The summed E-state index contributed by atoms with van der Waals surface area (Å²) in [5, 5.41) is 16.0. The first kappa shape index (κ1) is 18.3. The Hall–Kier alpha value is -2.45. The van der Waals surface area contributed by atoms with Crippen molar-refractivity contribution in [3.05, 3.63) is 56.4 Å². The summed E-state index contributed by atoms with van der Waals surface area (Å²) < 4.78 is 1.38. The van der Waals surface area contributed by atoms with Crippen molar-refractivity contribution in [2.45, 2.75) is 13.5 Å². The normalized spacial score (nSPS) is 15.3. The number of benzene rings is 1. The van der Waals surface area contributed by atoms with E-state index < -0.39 is 4.92 Å². The molecule has 26 heavy (non-hydrogen) atoms.